The van der Waals surface area contributed by atoms with Crippen molar-refractivity contribution in [3.63, 3.8) is 0 Å². The molecule has 0 bridgehead atoms. The third-order valence-electron chi connectivity index (χ3n) is 4.93. The number of carbonyl (C=O) groups is 4. The van der Waals surface area contributed by atoms with Crippen molar-refractivity contribution in [2.75, 3.05) is 11.5 Å². The van der Waals surface area contributed by atoms with E-state index in [1.807, 2.05) is 0 Å². The molecule has 4 rings (SSSR count). The van der Waals surface area contributed by atoms with Crippen LogP contribution in [0, 0.1) is 0 Å². The van der Waals surface area contributed by atoms with Gasteiger partial charge in [-0.05, 0) is 31.2 Å². The molecule has 1 aliphatic rings. The fourth-order valence-corrected chi connectivity index (χ4v) is 3.62. The van der Waals surface area contributed by atoms with Crippen molar-refractivity contribution in [3.8, 4) is 5.75 Å². The predicted molar refractivity (Wildman–Crippen MR) is 116 cm³/mol. The van der Waals surface area contributed by atoms with Gasteiger partial charge in [0.1, 0.15) is 17.9 Å². The smallest absolute Gasteiger partial charge is 0.336 e. The molecule has 2 aromatic carbocycles. The highest BCUT2D eigenvalue weighted by Crippen LogP contribution is 2.32. The molecule has 0 spiro atoms. The molecule has 2 heterocycles. The molecule has 32 heavy (non-hydrogen) atoms. The average Bonchev–Trinajstić information content (AvgIpc) is 3.09. The zero-order valence-electron chi connectivity index (χ0n) is 17.1. The average molecular weight is 433 g/mol. The van der Waals surface area contributed by atoms with E-state index in [0.29, 0.717) is 28.8 Å². The van der Waals surface area contributed by atoms with Crippen molar-refractivity contribution >= 4 is 46.5 Å². The van der Waals surface area contributed by atoms with Crippen LogP contribution < -0.4 is 15.0 Å². The number of benzene rings is 2. The van der Waals surface area contributed by atoms with Gasteiger partial charge in [0.05, 0.1) is 12.3 Å². The van der Waals surface area contributed by atoms with Gasteiger partial charge in [0.25, 0.3) is 11.8 Å². The van der Waals surface area contributed by atoms with Gasteiger partial charge < -0.3 is 14.4 Å². The Morgan fingerprint density at radius 1 is 1.09 bits per heavy atom. The van der Waals surface area contributed by atoms with Crippen LogP contribution in [0.1, 0.15) is 12.5 Å². The minimum Gasteiger partial charge on any atom is -0.492 e. The Kier molecular flexibility index (Phi) is 5.46. The van der Waals surface area contributed by atoms with Gasteiger partial charge in [-0.25, -0.2) is 9.69 Å². The number of urea groups is 1. The molecule has 3 aromatic rings. The van der Waals surface area contributed by atoms with Crippen LogP contribution in [-0.4, -0.2) is 40.1 Å². The topological polar surface area (TPSA) is 118 Å². The molecule has 1 aromatic heterocycles. The summed E-state index contributed by atoms with van der Waals surface area (Å²) < 4.78 is 7.04. The molecule has 0 atom stereocenters. The van der Waals surface area contributed by atoms with E-state index in [0.717, 1.165) is 4.90 Å². The molecule has 0 aliphatic carbocycles. The maximum atomic E-state index is 13.2. The van der Waals surface area contributed by atoms with Gasteiger partial charge in [0.2, 0.25) is 0 Å². The molecule has 0 radical (unpaired) electrons. The van der Waals surface area contributed by atoms with E-state index in [2.05, 4.69) is 5.32 Å². The van der Waals surface area contributed by atoms with E-state index in [1.165, 1.54) is 10.6 Å². The van der Waals surface area contributed by atoms with Crippen LogP contribution in [-0.2, 0) is 20.9 Å². The molecule has 1 fully saturated rings. The number of ether oxygens (including phenoxy) is 1. The molecular weight excluding hydrogens is 414 g/mol. The van der Waals surface area contributed by atoms with Crippen LogP contribution in [0.2, 0.25) is 0 Å². The summed E-state index contributed by atoms with van der Waals surface area (Å²) in [6, 6.07) is 12.7. The Labute approximate surface area is 182 Å². The zero-order valence-corrected chi connectivity index (χ0v) is 17.1. The number of hydrogen-bond donors (Lipinski definition) is 2. The second-order valence-electron chi connectivity index (χ2n) is 6.98. The molecule has 9 nitrogen and oxygen atoms in total. The fraction of sp³-hybridized carbons (Fsp3) is 0.130. The highest BCUT2D eigenvalue weighted by Gasteiger charge is 2.38. The molecule has 0 unspecified atom stereocenters. The number of amides is 4. The quantitative estimate of drug-likeness (QED) is 0.456. The maximum absolute atomic E-state index is 13.2. The van der Waals surface area contributed by atoms with Crippen molar-refractivity contribution in [3.05, 3.63) is 65.9 Å². The standard InChI is InChI=1S/C23H19N3O6/c1-2-32-19-10-6-5-9-18(19)26-22(30)16(21(29)24-23(26)31)11-14-12-25(13-20(27)28)17-8-4-3-7-15(14)17/h3-12H,2,13H2,1H3,(H,27,28)(H,24,29,31)/b16-11+. The third kappa shape index (κ3) is 3.71. The number of barbiturate groups is 1. The fourth-order valence-electron chi connectivity index (χ4n) is 3.62. The van der Waals surface area contributed by atoms with Gasteiger partial charge in [0.15, 0.2) is 0 Å². The van der Waals surface area contributed by atoms with Gasteiger partial charge in [-0.15, -0.1) is 0 Å². The summed E-state index contributed by atoms with van der Waals surface area (Å²) >= 11 is 0. The van der Waals surface area contributed by atoms with E-state index in [-0.39, 0.29) is 17.8 Å². The SMILES string of the molecule is CCOc1ccccc1N1C(=O)NC(=O)/C(=C\c2cn(CC(=O)O)c3ccccc23)C1=O. The Bertz CT molecular complexity index is 1290. The molecule has 1 saturated heterocycles. The highest BCUT2D eigenvalue weighted by atomic mass is 16.5. The van der Waals surface area contributed by atoms with Gasteiger partial charge in [0, 0.05) is 22.7 Å². The Hall–Kier alpha value is -4.40. The van der Waals surface area contributed by atoms with Crippen LogP contribution in [0.5, 0.6) is 5.75 Å². The minimum absolute atomic E-state index is 0.212. The van der Waals surface area contributed by atoms with Crippen molar-refractivity contribution in [1.82, 2.24) is 9.88 Å². The van der Waals surface area contributed by atoms with Crippen LogP contribution in [0.25, 0.3) is 17.0 Å². The summed E-state index contributed by atoms with van der Waals surface area (Å²) in [7, 11) is 0. The first kappa shape index (κ1) is 20.9. The maximum Gasteiger partial charge on any atom is 0.336 e. The van der Waals surface area contributed by atoms with Crippen LogP contribution in [0.15, 0.2) is 60.3 Å². The second kappa shape index (κ2) is 8.38. The molecular formula is C23H19N3O6. The van der Waals surface area contributed by atoms with Gasteiger partial charge in [-0.2, -0.15) is 0 Å². The normalized spacial score (nSPS) is 15.3. The van der Waals surface area contributed by atoms with Gasteiger partial charge >= 0.3 is 12.0 Å². The van der Waals surface area contributed by atoms with E-state index in [9.17, 15) is 24.3 Å². The number of aromatic nitrogens is 1. The third-order valence-corrected chi connectivity index (χ3v) is 4.93. The number of para-hydroxylation sites is 3. The van der Waals surface area contributed by atoms with Crippen molar-refractivity contribution in [2.45, 2.75) is 13.5 Å². The molecule has 162 valence electrons. The molecule has 1 aliphatic heterocycles. The first-order valence-corrected chi connectivity index (χ1v) is 9.83. The summed E-state index contributed by atoms with van der Waals surface area (Å²) in [6.45, 7) is 1.82. The van der Waals surface area contributed by atoms with Gasteiger partial charge in [-0.3, -0.25) is 19.7 Å². The van der Waals surface area contributed by atoms with Crippen molar-refractivity contribution < 1.29 is 29.0 Å². The summed E-state index contributed by atoms with van der Waals surface area (Å²) in [5.74, 6) is -2.34. The number of anilines is 1. The van der Waals surface area contributed by atoms with Crippen molar-refractivity contribution in [1.29, 1.82) is 0 Å². The Morgan fingerprint density at radius 2 is 1.81 bits per heavy atom. The number of imide groups is 2. The number of carboxylic acids is 1. The van der Waals surface area contributed by atoms with Crippen LogP contribution >= 0.6 is 0 Å². The summed E-state index contributed by atoms with van der Waals surface area (Å²) in [6.07, 6.45) is 2.92. The van der Waals surface area contributed by atoms with Gasteiger partial charge in [-0.1, -0.05) is 30.3 Å². The number of rotatable bonds is 6. The summed E-state index contributed by atoms with van der Waals surface area (Å²) in [4.78, 5) is 50.4. The predicted octanol–water partition coefficient (Wildman–Crippen LogP) is 2.79. The number of nitrogens with zero attached hydrogens (tertiary/aromatic N) is 2. The number of carbonyl (C=O) groups excluding carboxylic acids is 3. The summed E-state index contributed by atoms with van der Waals surface area (Å²) in [5.41, 5.74) is 1.07. The lowest BCUT2D eigenvalue weighted by Crippen LogP contribution is -2.54. The van der Waals surface area contributed by atoms with E-state index in [4.69, 9.17) is 4.74 Å². The zero-order chi connectivity index (χ0) is 22.8. The first-order valence-electron chi connectivity index (χ1n) is 9.83. The first-order chi connectivity index (χ1) is 15.4. The highest BCUT2D eigenvalue weighted by molar-refractivity contribution is 6.39. The van der Waals surface area contributed by atoms with E-state index >= 15 is 0 Å². The lowest BCUT2D eigenvalue weighted by molar-refractivity contribution is -0.137. The monoisotopic (exact) mass is 433 g/mol. The lowest BCUT2D eigenvalue weighted by atomic mass is 10.1. The molecule has 2 N–H and O–H groups in total. The van der Waals surface area contributed by atoms with Crippen LogP contribution in [0.4, 0.5) is 10.5 Å². The lowest BCUT2D eigenvalue weighted by Gasteiger charge is -2.27. The minimum atomic E-state index is -1.03. The molecule has 0 saturated carbocycles. The Balaban J connectivity index is 1.81. The molecule has 9 heteroatoms. The van der Waals surface area contributed by atoms with E-state index in [1.54, 1.807) is 61.7 Å². The molecule has 4 amide bonds. The number of aliphatic carboxylic acids is 1. The summed E-state index contributed by atoms with van der Waals surface area (Å²) in [5, 5.41) is 12.0. The van der Waals surface area contributed by atoms with E-state index < -0.39 is 23.8 Å². The second-order valence-corrected chi connectivity index (χ2v) is 6.98. The number of carboxylic acid groups (broad SMARTS) is 1. The Morgan fingerprint density at radius 3 is 2.56 bits per heavy atom. The number of nitrogens with one attached hydrogen (secondary N) is 1. The van der Waals surface area contributed by atoms with Crippen LogP contribution in [0.3, 0.4) is 0 Å². The van der Waals surface area contributed by atoms with Crippen molar-refractivity contribution in [2.24, 2.45) is 0 Å². The largest absolute Gasteiger partial charge is 0.492 e. The number of hydrogen-bond acceptors (Lipinski definition) is 5. The number of fused-ring (bicyclic) bond motifs is 1.